The second-order valence-corrected chi connectivity index (χ2v) is 13.8. The summed E-state index contributed by atoms with van der Waals surface area (Å²) in [6.45, 7) is 7.98. The second-order valence-electron chi connectivity index (χ2n) is 8.61. The van der Waals surface area contributed by atoms with Gasteiger partial charge in [-0.3, -0.25) is 0 Å². The Bertz CT molecular complexity index is 1480. The normalized spacial score (nSPS) is 12.2. The topological polar surface area (TPSA) is 0 Å². The quantitative estimate of drug-likeness (QED) is 0.121. The third-order valence-electron chi connectivity index (χ3n) is 6.01. The fourth-order valence-electron chi connectivity index (χ4n) is 4.25. The molecule has 0 nitrogen and oxygen atoms in total. The Balaban J connectivity index is 1.38. The molecule has 0 aromatic heterocycles. The molecule has 0 fully saturated rings. The molecule has 5 aromatic rings. The van der Waals surface area contributed by atoms with Crippen LogP contribution >= 0.6 is 11.8 Å². The zero-order valence-corrected chi connectivity index (χ0v) is 24.1. The molecule has 0 aliphatic heterocycles. The van der Waals surface area contributed by atoms with Crippen molar-refractivity contribution in [1.82, 2.24) is 0 Å². The number of allylic oxidation sites excluding steroid dienone is 3. The van der Waals surface area contributed by atoms with E-state index in [4.69, 9.17) is 0 Å². The molecule has 0 heterocycles. The van der Waals surface area contributed by atoms with E-state index in [-0.39, 0.29) is 21.8 Å². The highest BCUT2D eigenvalue weighted by atomic mass is 32.2. The molecule has 5 aromatic carbocycles. The van der Waals surface area contributed by atoms with Crippen LogP contribution in [0, 0.1) is 0 Å². The molecule has 0 saturated carbocycles. The summed E-state index contributed by atoms with van der Waals surface area (Å²) in [4.78, 5) is 10.1. The number of rotatable bonds is 10. The minimum absolute atomic E-state index is 0.132. The maximum Gasteiger partial charge on any atom is 0.166 e. The molecule has 0 spiro atoms. The van der Waals surface area contributed by atoms with Crippen LogP contribution in [-0.2, 0) is 21.8 Å². The van der Waals surface area contributed by atoms with Crippen molar-refractivity contribution in [3.8, 4) is 0 Å². The fraction of sp³-hybridized carbons (Fsp3) is 0. The Morgan fingerprint density at radius 2 is 0.872 bits per heavy atom. The SMILES string of the molecule is C=C/C=C(\C=C)[S+](c1ccccc1)c1ccc(Sc2ccc([S+](c3ccccc3)c3ccccc3)cc2)cc1. The van der Waals surface area contributed by atoms with Gasteiger partial charge in [-0.05, 0) is 97.1 Å². The Hall–Kier alpha value is -3.63. The zero-order chi connectivity index (χ0) is 26.9. The van der Waals surface area contributed by atoms with Gasteiger partial charge < -0.3 is 0 Å². The van der Waals surface area contributed by atoms with E-state index in [2.05, 4.69) is 159 Å². The van der Waals surface area contributed by atoms with E-state index in [1.54, 1.807) is 11.8 Å². The highest BCUT2D eigenvalue weighted by Gasteiger charge is 2.29. The summed E-state index contributed by atoms with van der Waals surface area (Å²) in [5.41, 5.74) is 0. The van der Waals surface area contributed by atoms with Crippen molar-refractivity contribution in [2.75, 3.05) is 0 Å². The fourth-order valence-corrected chi connectivity index (χ4v) is 9.20. The Kier molecular flexibility index (Phi) is 9.29. The molecule has 3 heteroatoms. The number of hydrogen-bond donors (Lipinski definition) is 0. The minimum atomic E-state index is -0.225. The van der Waals surface area contributed by atoms with Crippen LogP contribution in [0.4, 0.5) is 0 Å². The monoisotopic (exact) mass is 558 g/mol. The molecule has 0 bridgehead atoms. The van der Waals surface area contributed by atoms with Crippen LogP contribution in [0.2, 0.25) is 0 Å². The molecule has 0 aliphatic carbocycles. The van der Waals surface area contributed by atoms with Crippen molar-refractivity contribution in [1.29, 1.82) is 0 Å². The van der Waals surface area contributed by atoms with E-state index < -0.39 is 0 Å². The van der Waals surface area contributed by atoms with Gasteiger partial charge in [-0.2, -0.15) is 0 Å². The summed E-state index contributed by atoms with van der Waals surface area (Å²) in [5.74, 6) is 0. The maximum absolute atomic E-state index is 4.07. The molecule has 39 heavy (non-hydrogen) atoms. The predicted octanol–water partition coefficient (Wildman–Crippen LogP) is 10.2. The third kappa shape index (κ3) is 6.69. The van der Waals surface area contributed by atoms with Crippen LogP contribution in [0.5, 0.6) is 0 Å². The van der Waals surface area contributed by atoms with E-state index >= 15 is 0 Å². The molecular formula is C36H30S3+2. The first-order chi connectivity index (χ1) is 19.3. The molecule has 0 saturated heterocycles. The summed E-state index contributed by atoms with van der Waals surface area (Å²) in [5, 5.41) is 0. The van der Waals surface area contributed by atoms with E-state index in [0.717, 1.165) is 0 Å². The van der Waals surface area contributed by atoms with Gasteiger partial charge in [0.05, 0.1) is 21.8 Å². The minimum Gasteiger partial charge on any atom is -0.0989 e. The van der Waals surface area contributed by atoms with Gasteiger partial charge in [-0.25, -0.2) is 0 Å². The van der Waals surface area contributed by atoms with Crippen LogP contribution in [0.1, 0.15) is 0 Å². The summed E-state index contributed by atoms with van der Waals surface area (Å²) in [6.07, 6.45) is 5.85. The molecule has 1 atom stereocenters. The van der Waals surface area contributed by atoms with Crippen LogP contribution in [-0.4, -0.2) is 0 Å². The van der Waals surface area contributed by atoms with Gasteiger partial charge in [0, 0.05) is 9.79 Å². The van der Waals surface area contributed by atoms with Gasteiger partial charge in [0.1, 0.15) is 0 Å². The largest absolute Gasteiger partial charge is 0.166 e. The van der Waals surface area contributed by atoms with Crippen molar-refractivity contribution in [2.45, 2.75) is 34.3 Å². The van der Waals surface area contributed by atoms with Gasteiger partial charge in [-0.15, -0.1) is 0 Å². The van der Waals surface area contributed by atoms with Crippen LogP contribution in [0.25, 0.3) is 0 Å². The highest BCUT2D eigenvalue weighted by molar-refractivity contribution is 8.01. The van der Waals surface area contributed by atoms with Crippen LogP contribution in [0.15, 0.2) is 210 Å². The lowest BCUT2D eigenvalue weighted by Gasteiger charge is -2.10. The van der Waals surface area contributed by atoms with Crippen molar-refractivity contribution >= 4 is 33.6 Å². The first-order valence-corrected chi connectivity index (χ1v) is 16.0. The van der Waals surface area contributed by atoms with Gasteiger partial charge in [0.2, 0.25) is 0 Å². The van der Waals surface area contributed by atoms with Crippen LogP contribution < -0.4 is 0 Å². The smallest absolute Gasteiger partial charge is 0.0989 e. The van der Waals surface area contributed by atoms with Crippen LogP contribution in [0.3, 0.4) is 0 Å². The van der Waals surface area contributed by atoms with Crippen molar-refractivity contribution in [3.63, 3.8) is 0 Å². The number of benzene rings is 5. The van der Waals surface area contributed by atoms with Crippen molar-refractivity contribution in [2.24, 2.45) is 0 Å². The highest BCUT2D eigenvalue weighted by Crippen LogP contribution is 2.36. The Morgan fingerprint density at radius 3 is 1.31 bits per heavy atom. The molecule has 1 unspecified atom stereocenters. The zero-order valence-electron chi connectivity index (χ0n) is 21.7. The number of hydrogen-bond acceptors (Lipinski definition) is 1. The molecule has 0 amide bonds. The lowest BCUT2D eigenvalue weighted by atomic mass is 10.3. The van der Waals surface area contributed by atoms with E-state index in [1.165, 1.54) is 39.2 Å². The standard InChI is InChI=1S/C36H30S3/c1-3-14-31(4-2)38(32-15-8-5-9-16-32)35-25-21-29(22-26-35)37-30-23-27-36(28-24-30)39(33-17-10-6-11-18-33)34-19-12-7-13-20-34/h3-28H,1-2H2/q+2/b31-14+. The van der Waals surface area contributed by atoms with Crippen molar-refractivity contribution in [3.05, 3.63) is 176 Å². The molecular weight excluding hydrogens is 529 g/mol. The summed E-state index contributed by atoms with van der Waals surface area (Å²) in [6, 6.07) is 50.2. The van der Waals surface area contributed by atoms with Gasteiger partial charge in [-0.1, -0.05) is 85.6 Å². The first kappa shape index (κ1) is 27.0. The van der Waals surface area contributed by atoms with Crippen molar-refractivity contribution < 1.29 is 0 Å². The van der Waals surface area contributed by atoms with E-state index in [1.807, 2.05) is 12.2 Å². The average Bonchev–Trinajstić information content (AvgIpc) is 3.00. The Labute approximate surface area is 242 Å². The van der Waals surface area contributed by atoms with Gasteiger partial charge >= 0.3 is 0 Å². The Morgan fingerprint density at radius 1 is 0.487 bits per heavy atom. The molecule has 0 aliphatic rings. The van der Waals surface area contributed by atoms with Gasteiger partial charge in [0.25, 0.3) is 0 Å². The first-order valence-electron chi connectivity index (χ1n) is 12.7. The second kappa shape index (κ2) is 13.4. The molecule has 5 rings (SSSR count). The summed E-state index contributed by atoms with van der Waals surface area (Å²) < 4.78 is 0. The van der Waals surface area contributed by atoms with E-state index in [9.17, 15) is 0 Å². The lowest BCUT2D eigenvalue weighted by molar-refractivity contribution is 1.28. The molecule has 0 N–H and O–H groups in total. The summed E-state index contributed by atoms with van der Waals surface area (Å²) in [7, 11) is -0.357. The predicted molar refractivity (Wildman–Crippen MR) is 171 cm³/mol. The average molecular weight is 559 g/mol. The van der Waals surface area contributed by atoms with E-state index in [0.29, 0.717) is 0 Å². The van der Waals surface area contributed by atoms with Gasteiger partial charge in [0.15, 0.2) is 29.4 Å². The lowest BCUT2D eigenvalue weighted by Crippen LogP contribution is -2.05. The summed E-state index contributed by atoms with van der Waals surface area (Å²) >= 11 is 1.80. The molecule has 190 valence electrons. The maximum atomic E-state index is 4.07. The molecule has 0 radical (unpaired) electrons. The third-order valence-corrected chi connectivity index (χ3v) is 11.5.